The number of fused-ring (bicyclic) bond motifs is 1. The zero-order valence-electron chi connectivity index (χ0n) is 12.1. The molecule has 0 radical (unpaired) electrons. The number of ether oxygens (including phenoxy) is 2. The summed E-state index contributed by atoms with van der Waals surface area (Å²) in [5.41, 5.74) is 0. The number of halogens is 5. The first kappa shape index (κ1) is 18.3. The molecular formula is C12H11F5O7S. The lowest BCUT2D eigenvalue weighted by molar-refractivity contribution is -0.262. The summed E-state index contributed by atoms with van der Waals surface area (Å²) in [7, 11) is -6.50. The van der Waals surface area contributed by atoms with Crippen LogP contribution in [0, 0.1) is 23.7 Å². The molecule has 1 aliphatic heterocycles. The minimum atomic E-state index is -6.50. The van der Waals surface area contributed by atoms with Gasteiger partial charge in [0.25, 0.3) is 6.10 Å². The van der Waals surface area contributed by atoms with Crippen LogP contribution >= 0.6 is 0 Å². The number of rotatable bonds is 4. The molecule has 0 aromatic heterocycles. The van der Waals surface area contributed by atoms with Gasteiger partial charge in [-0.05, 0) is 18.8 Å². The summed E-state index contributed by atoms with van der Waals surface area (Å²) in [4.78, 5) is 23.6. The van der Waals surface area contributed by atoms with Gasteiger partial charge >= 0.3 is 33.5 Å². The molecule has 3 rings (SSSR count). The van der Waals surface area contributed by atoms with E-state index in [1.165, 1.54) is 0 Å². The average Bonchev–Trinajstić information content (AvgIpc) is 3.03. The molecule has 7 nitrogen and oxygen atoms in total. The molecule has 1 heterocycles. The highest BCUT2D eigenvalue weighted by atomic mass is 32.2. The van der Waals surface area contributed by atoms with Crippen LogP contribution in [-0.2, 0) is 29.2 Å². The van der Waals surface area contributed by atoms with Crippen LogP contribution in [-0.4, -0.2) is 48.5 Å². The van der Waals surface area contributed by atoms with Crippen LogP contribution in [0.3, 0.4) is 0 Å². The van der Waals surface area contributed by atoms with Crippen molar-refractivity contribution in [3.05, 3.63) is 0 Å². The van der Waals surface area contributed by atoms with Gasteiger partial charge < -0.3 is 9.47 Å². The van der Waals surface area contributed by atoms with Crippen molar-refractivity contribution >= 4 is 22.1 Å². The maximum atomic E-state index is 13.5. The van der Waals surface area contributed by atoms with Crippen LogP contribution in [0.4, 0.5) is 22.0 Å². The molecule has 13 heteroatoms. The maximum Gasteiger partial charge on any atom is 0.432 e. The molecule has 2 aliphatic carbocycles. The molecule has 142 valence electrons. The van der Waals surface area contributed by atoms with Crippen molar-refractivity contribution in [2.45, 2.75) is 36.5 Å². The van der Waals surface area contributed by atoms with E-state index in [0.717, 1.165) is 0 Å². The fraction of sp³-hybridized carbons (Fsp3) is 0.833. The number of hydrogen-bond acceptors (Lipinski definition) is 6. The third-order valence-electron chi connectivity index (χ3n) is 4.94. The maximum absolute atomic E-state index is 13.5. The fourth-order valence-electron chi connectivity index (χ4n) is 3.94. The minimum absolute atomic E-state index is 0.158. The molecular weight excluding hydrogens is 383 g/mol. The summed E-state index contributed by atoms with van der Waals surface area (Å²) in [5, 5.41) is -5.78. The second-order valence-electron chi connectivity index (χ2n) is 6.32. The smallest absolute Gasteiger partial charge is 0.432 e. The Morgan fingerprint density at radius 1 is 1.24 bits per heavy atom. The quantitative estimate of drug-likeness (QED) is 0.433. The van der Waals surface area contributed by atoms with E-state index in [4.69, 9.17) is 9.29 Å². The lowest BCUT2D eigenvalue weighted by atomic mass is 9.82. The summed E-state index contributed by atoms with van der Waals surface area (Å²) >= 11 is 0. The Morgan fingerprint density at radius 2 is 1.84 bits per heavy atom. The normalized spacial score (nSPS) is 35.6. The van der Waals surface area contributed by atoms with E-state index >= 15 is 0 Å². The van der Waals surface area contributed by atoms with E-state index in [0.29, 0.717) is 6.42 Å². The van der Waals surface area contributed by atoms with Gasteiger partial charge in [0.05, 0.1) is 11.8 Å². The van der Waals surface area contributed by atoms with E-state index in [9.17, 15) is 40.0 Å². The number of esters is 2. The van der Waals surface area contributed by atoms with Gasteiger partial charge in [0.2, 0.25) is 0 Å². The molecule has 6 atom stereocenters. The predicted molar refractivity (Wildman–Crippen MR) is 65.5 cm³/mol. The Morgan fingerprint density at radius 3 is 2.36 bits per heavy atom. The predicted octanol–water partition coefficient (Wildman–Crippen LogP) is 1.14. The molecule has 25 heavy (non-hydrogen) atoms. The molecule has 1 N–H and O–H groups in total. The van der Waals surface area contributed by atoms with Crippen LogP contribution in [0.5, 0.6) is 0 Å². The lowest BCUT2D eigenvalue weighted by Crippen LogP contribution is -2.53. The van der Waals surface area contributed by atoms with Crippen LogP contribution in [0.25, 0.3) is 0 Å². The Hall–Kier alpha value is -1.50. The zero-order chi connectivity index (χ0) is 18.9. The first-order chi connectivity index (χ1) is 11.2. The monoisotopic (exact) mass is 394 g/mol. The molecule has 0 aromatic carbocycles. The number of carbonyl (C=O) groups excluding carboxylic acids is 2. The second kappa shape index (κ2) is 5.25. The summed E-state index contributed by atoms with van der Waals surface area (Å²) in [6.45, 7) is 0. The zero-order valence-corrected chi connectivity index (χ0v) is 12.9. The summed E-state index contributed by atoms with van der Waals surface area (Å²) in [6.07, 6.45) is -11.0. The molecule has 2 saturated carbocycles. The average molecular weight is 394 g/mol. The van der Waals surface area contributed by atoms with Crippen molar-refractivity contribution < 1.29 is 54.0 Å². The Kier molecular flexibility index (Phi) is 3.84. The van der Waals surface area contributed by atoms with Crippen molar-refractivity contribution in [1.29, 1.82) is 0 Å². The molecule has 0 aromatic rings. The Bertz CT molecular complexity index is 718. The van der Waals surface area contributed by atoms with Crippen LogP contribution in [0.2, 0.25) is 0 Å². The summed E-state index contributed by atoms with van der Waals surface area (Å²) in [6, 6.07) is 0. The molecule has 0 amide bonds. The van der Waals surface area contributed by atoms with Crippen molar-refractivity contribution in [2.75, 3.05) is 0 Å². The third-order valence-corrected chi connectivity index (χ3v) is 5.84. The highest BCUT2D eigenvalue weighted by Gasteiger charge is 2.68. The van der Waals surface area contributed by atoms with E-state index < -0.39 is 69.4 Å². The molecule has 0 spiro atoms. The van der Waals surface area contributed by atoms with Crippen molar-refractivity contribution in [2.24, 2.45) is 23.7 Å². The number of hydrogen-bond donors (Lipinski definition) is 1. The third kappa shape index (κ3) is 2.67. The van der Waals surface area contributed by atoms with Gasteiger partial charge in [0.15, 0.2) is 0 Å². The molecule has 6 unspecified atom stereocenters. The Labute approximate surface area is 137 Å². The Balaban J connectivity index is 1.84. The van der Waals surface area contributed by atoms with E-state index in [-0.39, 0.29) is 6.42 Å². The SMILES string of the molecule is O=C1OC2C3CC(CC13)C2C(=O)OC(C(F)(F)F)C(F)(F)S(=O)(=O)O. The topological polar surface area (TPSA) is 107 Å². The largest absolute Gasteiger partial charge is 0.461 e. The molecule has 2 bridgehead atoms. The number of alkyl halides is 5. The van der Waals surface area contributed by atoms with E-state index in [2.05, 4.69) is 4.74 Å². The highest BCUT2D eigenvalue weighted by molar-refractivity contribution is 7.86. The number of carbonyl (C=O) groups is 2. The van der Waals surface area contributed by atoms with Crippen molar-refractivity contribution in [3.8, 4) is 0 Å². The lowest BCUT2D eigenvalue weighted by Gasteiger charge is -2.29. The van der Waals surface area contributed by atoms with Crippen molar-refractivity contribution in [3.63, 3.8) is 0 Å². The minimum Gasteiger partial charge on any atom is -0.461 e. The van der Waals surface area contributed by atoms with Gasteiger partial charge in [0.1, 0.15) is 6.10 Å². The van der Waals surface area contributed by atoms with Crippen LogP contribution < -0.4 is 0 Å². The standard InChI is InChI=1S/C12H11F5O7S/c13-11(14,15)10(12(16,17)25(20,21)22)24-9(19)6-3-1-4-5(2-3)8(18)23-7(4)6/h3-7,10H,1-2H2,(H,20,21,22). The first-order valence-electron chi connectivity index (χ1n) is 7.07. The summed E-state index contributed by atoms with van der Waals surface area (Å²) < 4.78 is 104. The van der Waals surface area contributed by atoms with E-state index in [1.54, 1.807) is 0 Å². The van der Waals surface area contributed by atoms with Gasteiger partial charge in [-0.1, -0.05) is 0 Å². The van der Waals surface area contributed by atoms with E-state index in [1.807, 2.05) is 0 Å². The highest BCUT2D eigenvalue weighted by Crippen LogP contribution is 2.58. The van der Waals surface area contributed by atoms with Crippen LogP contribution in [0.1, 0.15) is 12.8 Å². The van der Waals surface area contributed by atoms with Gasteiger partial charge in [-0.3, -0.25) is 14.1 Å². The van der Waals surface area contributed by atoms with Gasteiger partial charge in [-0.25, -0.2) is 0 Å². The van der Waals surface area contributed by atoms with Gasteiger partial charge in [-0.15, -0.1) is 0 Å². The van der Waals surface area contributed by atoms with Crippen molar-refractivity contribution in [1.82, 2.24) is 0 Å². The second-order valence-corrected chi connectivity index (χ2v) is 7.82. The van der Waals surface area contributed by atoms with Gasteiger partial charge in [0, 0.05) is 5.92 Å². The molecule has 3 fully saturated rings. The van der Waals surface area contributed by atoms with Crippen LogP contribution in [0.15, 0.2) is 0 Å². The summed E-state index contributed by atoms with van der Waals surface area (Å²) in [5.74, 6) is -5.18. The fourth-order valence-corrected chi connectivity index (χ4v) is 4.39. The molecule has 1 saturated heterocycles. The van der Waals surface area contributed by atoms with Gasteiger partial charge in [-0.2, -0.15) is 30.4 Å². The molecule has 3 aliphatic rings. The first-order valence-corrected chi connectivity index (χ1v) is 8.51.